The highest BCUT2D eigenvalue weighted by molar-refractivity contribution is 6.36. The summed E-state index contributed by atoms with van der Waals surface area (Å²) in [6.45, 7) is 1.44. The summed E-state index contributed by atoms with van der Waals surface area (Å²) < 4.78 is 5.13. The number of hydrogen-bond donors (Lipinski definition) is 2. The molecule has 0 aliphatic heterocycles. The van der Waals surface area contributed by atoms with Gasteiger partial charge < -0.3 is 9.73 Å². The predicted octanol–water partition coefficient (Wildman–Crippen LogP) is 2.86. The van der Waals surface area contributed by atoms with Crippen molar-refractivity contribution in [2.75, 3.05) is 6.54 Å². The molecule has 1 heterocycles. The summed E-state index contributed by atoms with van der Waals surface area (Å²) in [5, 5.41) is 6.95. The lowest BCUT2D eigenvalue weighted by molar-refractivity contribution is -0.120. The summed E-state index contributed by atoms with van der Waals surface area (Å²) in [6.07, 6.45) is 1.51. The standard InChI is InChI=1S/C15H13Cl2N3O3/c1-9(13-3-2-6-23-13)19-20-14(21)8-18-15(22)11-5-4-10(16)7-12(11)17/h2-7H,8H2,1H3,(H,18,22)(H,20,21)/b19-9+. The maximum Gasteiger partial charge on any atom is 0.259 e. The number of benzene rings is 1. The normalized spacial score (nSPS) is 11.2. The van der Waals surface area contributed by atoms with Gasteiger partial charge in [-0.3, -0.25) is 9.59 Å². The third-order valence-electron chi connectivity index (χ3n) is 2.81. The number of carbonyl (C=O) groups is 2. The third-order valence-corrected chi connectivity index (χ3v) is 3.36. The van der Waals surface area contributed by atoms with E-state index in [1.165, 1.54) is 18.4 Å². The molecular formula is C15H13Cl2N3O3. The molecule has 0 aliphatic carbocycles. The van der Waals surface area contributed by atoms with Gasteiger partial charge >= 0.3 is 0 Å². The summed E-state index contributed by atoms with van der Waals surface area (Å²) in [5.41, 5.74) is 3.07. The first kappa shape index (κ1) is 17.1. The topological polar surface area (TPSA) is 83.7 Å². The van der Waals surface area contributed by atoms with Crippen LogP contribution in [0.1, 0.15) is 23.0 Å². The van der Waals surface area contributed by atoms with Crippen LogP contribution in [-0.4, -0.2) is 24.1 Å². The number of amides is 2. The molecule has 2 amide bonds. The zero-order valence-electron chi connectivity index (χ0n) is 12.1. The van der Waals surface area contributed by atoms with Gasteiger partial charge in [0.25, 0.3) is 11.8 Å². The lowest BCUT2D eigenvalue weighted by atomic mass is 10.2. The highest BCUT2D eigenvalue weighted by Gasteiger charge is 2.12. The minimum absolute atomic E-state index is 0.210. The molecule has 0 spiro atoms. The van der Waals surface area contributed by atoms with Crippen molar-refractivity contribution in [2.45, 2.75) is 6.92 Å². The van der Waals surface area contributed by atoms with Crippen LogP contribution in [0.4, 0.5) is 0 Å². The van der Waals surface area contributed by atoms with Gasteiger partial charge in [-0.25, -0.2) is 5.43 Å². The fourth-order valence-corrected chi connectivity index (χ4v) is 2.15. The Balaban J connectivity index is 1.86. The largest absolute Gasteiger partial charge is 0.463 e. The molecule has 1 aromatic carbocycles. The van der Waals surface area contributed by atoms with Crippen molar-refractivity contribution < 1.29 is 14.0 Å². The molecule has 2 rings (SSSR count). The Kier molecular flexibility index (Phi) is 5.78. The average Bonchev–Trinajstić information content (AvgIpc) is 3.04. The van der Waals surface area contributed by atoms with Gasteiger partial charge in [0.1, 0.15) is 11.5 Å². The van der Waals surface area contributed by atoms with Crippen molar-refractivity contribution in [3.63, 3.8) is 0 Å². The second kappa shape index (κ2) is 7.80. The summed E-state index contributed by atoms with van der Waals surface area (Å²) in [6, 6.07) is 7.91. The molecule has 0 radical (unpaired) electrons. The smallest absolute Gasteiger partial charge is 0.259 e. The first-order valence-electron chi connectivity index (χ1n) is 6.57. The molecule has 0 atom stereocenters. The van der Waals surface area contributed by atoms with Gasteiger partial charge in [-0.05, 0) is 37.3 Å². The number of carbonyl (C=O) groups excluding carboxylic acids is 2. The Labute approximate surface area is 142 Å². The zero-order valence-corrected chi connectivity index (χ0v) is 13.6. The van der Waals surface area contributed by atoms with Crippen LogP contribution in [0.2, 0.25) is 10.0 Å². The Bertz CT molecular complexity index is 742. The lowest BCUT2D eigenvalue weighted by Gasteiger charge is -2.06. The van der Waals surface area contributed by atoms with Gasteiger partial charge in [-0.2, -0.15) is 5.10 Å². The van der Waals surface area contributed by atoms with Gasteiger partial charge in [0, 0.05) is 5.02 Å². The average molecular weight is 354 g/mol. The molecule has 23 heavy (non-hydrogen) atoms. The predicted molar refractivity (Wildman–Crippen MR) is 87.9 cm³/mol. The zero-order chi connectivity index (χ0) is 16.8. The van der Waals surface area contributed by atoms with E-state index < -0.39 is 11.8 Å². The number of halogens is 2. The Hall–Kier alpha value is -2.31. The van der Waals surface area contributed by atoms with Crippen molar-refractivity contribution >= 4 is 40.7 Å². The highest BCUT2D eigenvalue weighted by Crippen LogP contribution is 2.20. The summed E-state index contributed by atoms with van der Waals surface area (Å²) in [7, 11) is 0. The quantitative estimate of drug-likeness (QED) is 0.640. The number of hydrogen-bond acceptors (Lipinski definition) is 4. The third kappa shape index (κ3) is 4.84. The molecule has 0 bridgehead atoms. The number of hydrazone groups is 1. The highest BCUT2D eigenvalue weighted by atomic mass is 35.5. The van der Waals surface area contributed by atoms with E-state index >= 15 is 0 Å². The molecule has 0 saturated carbocycles. The van der Waals surface area contributed by atoms with E-state index in [9.17, 15) is 9.59 Å². The molecule has 120 valence electrons. The summed E-state index contributed by atoms with van der Waals surface area (Å²) >= 11 is 11.7. The Morgan fingerprint density at radius 1 is 1.26 bits per heavy atom. The van der Waals surface area contributed by atoms with E-state index in [1.807, 2.05) is 0 Å². The van der Waals surface area contributed by atoms with Crippen LogP contribution in [0.15, 0.2) is 46.1 Å². The molecule has 0 fully saturated rings. The second-order valence-electron chi connectivity index (χ2n) is 4.52. The number of nitrogens with one attached hydrogen (secondary N) is 2. The molecule has 2 N–H and O–H groups in total. The molecular weight excluding hydrogens is 341 g/mol. The van der Waals surface area contributed by atoms with Gasteiger partial charge in [0.15, 0.2) is 0 Å². The van der Waals surface area contributed by atoms with E-state index in [4.69, 9.17) is 27.6 Å². The maximum atomic E-state index is 11.9. The van der Waals surface area contributed by atoms with Gasteiger partial charge in [-0.15, -0.1) is 0 Å². The summed E-state index contributed by atoms with van der Waals surface area (Å²) in [5.74, 6) is -0.412. The van der Waals surface area contributed by atoms with Crippen LogP contribution < -0.4 is 10.7 Å². The molecule has 0 aliphatic rings. The molecule has 2 aromatic rings. The Morgan fingerprint density at radius 2 is 2.04 bits per heavy atom. The first-order valence-corrected chi connectivity index (χ1v) is 7.33. The minimum Gasteiger partial charge on any atom is -0.463 e. The monoisotopic (exact) mass is 353 g/mol. The van der Waals surface area contributed by atoms with Crippen LogP contribution in [0.25, 0.3) is 0 Å². The molecule has 0 unspecified atom stereocenters. The minimum atomic E-state index is -0.478. The van der Waals surface area contributed by atoms with Crippen molar-refractivity contribution in [2.24, 2.45) is 5.10 Å². The van der Waals surface area contributed by atoms with Gasteiger partial charge in [-0.1, -0.05) is 23.2 Å². The number of rotatable bonds is 5. The van der Waals surface area contributed by atoms with Crippen molar-refractivity contribution in [3.05, 3.63) is 58.0 Å². The lowest BCUT2D eigenvalue weighted by Crippen LogP contribution is -2.35. The fraction of sp³-hybridized carbons (Fsp3) is 0.133. The van der Waals surface area contributed by atoms with E-state index in [0.29, 0.717) is 16.5 Å². The van der Waals surface area contributed by atoms with E-state index in [2.05, 4.69) is 15.8 Å². The van der Waals surface area contributed by atoms with Gasteiger partial charge in [0.05, 0.1) is 23.4 Å². The van der Waals surface area contributed by atoms with Crippen molar-refractivity contribution in [1.29, 1.82) is 0 Å². The molecule has 1 aromatic heterocycles. The van der Waals surface area contributed by atoms with E-state index in [-0.39, 0.29) is 17.1 Å². The fourth-order valence-electron chi connectivity index (χ4n) is 1.65. The SMILES string of the molecule is C/C(=N\NC(=O)CNC(=O)c1ccc(Cl)cc1Cl)c1ccco1. The van der Waals surface area contributed by atoms with Crippen LogP contribution in [0, 0.1) is 0 Å². The van der Waals surface area contributed by atoms with Crippen molar-refractivity contribution in [1.82, 2.24) is 10.7 Å². The van der Waals surface area contributed by atoms with Crippen molar-refractivity contribution in [3.8, 4) is 0 Å². The van der Waals surface area contributed by atoms with Crippen LogP contribution in [0.3, 0.4) is 0 Å². The Morgan fingerprint density at radius 3 is 2.70 bits per heavy atom. The molecule has 0 saturated heterocycles. The first-order chi connectivity index (χ1) is 11.0. The van der Waals surface area contributed by atoms with Crippen LogP contribution in [0.5, 0.6) is 0 Å². The van der Waals surface area contributed by atoms with E-state index in [0.717, 1.165) is 0 Å². The molecule has 6 nitrogen and oxygen atoms in total. The van der Waals surface area contributed by atoms with Crippen LogP contribution >= 0.6 is 23.2 Å². The molecule has 8 heteroatoms. The second-order valence-corrected chi connectivity index (χ2v) is 5.36. The maximum absolute atomic E-state index is 11.9. The summed E-state index contributed by atoms with van der Waals surface area (Å²) in [4.78, 5) is 23.6. The van der Waals surface area contributed by atoms with Gasteiger partial charge in [0.2, 0.25) is 0 Å². The number of nitrogens with zero attached hydrogens (tertiary/aromatic N) is 1. The number of furan rings is 1. The van der Waals surface area contributed by atoms with E-state index in [1.54, 1.807) is 25.1 Å². The van der Waals surface area contributed by atoms with Crippen LogP contribution in [-0.2, 0) is 4.79 Å².